The van der Waals surface area contributed by atoms with Gasteiger partial charge in [0, 0.05) is 0 Å². The zero-order valence-electron chi connectivity index (χ0n) is 7.37. The predicted octanol–water partition coefficient (Wildman–Crippen LogP) is -4.01. The zero-order valence-corrected chi connectivity index (χ0v) is 7.37. The maximum atomic E-state index is 9.17. The molecule has 0 saturated carbocycles. The van der Waals surface area contributed by atoms with Crippen LogP contribution < -0.4 is 0 Å². The molecule has 0 rings (SSSR count). The molecule has 0 aromatic heterocycles. The van der Waals surface area contributed by atoms with Crippen molar-refractivity contribution in [2.45, 2.75) is 24.4 Å². The number of aliphatic hydroxyl groups excluding tert-OH is 5. The van der Waals surface area contributed by atoms with Crippen molar-refractivity contribution >= 4 is 8.05 Å². The van der Waals surface area contributed by atoms with Crippen molar-refractivity contribution < 1.29 is 30.2 Å². The maximum absolute atomic E-state index is 9.17. The van der Waals surface area contributed by atoms with Crippen LogP contribution in [0.15, 0.2) is 0 Å². The van der Waals surface area contributed by atoms with E-state index in [0.29, 0.717) is 0 Å². The second kappa shape index (κ2) is 6.30. The van der Waals surface area contributed by atoms with Gasteiger partial charge in [-0.3, -0.25) is 0 Å². The normalized spacial score (nSPS) is 20.7. The molecule has 0 spiro atoms. The minimum Gasteiger partial charge on any atom is -0.441 e. The smallest absolute Gasteiger partial charge is 0.257 e. The summed E-state index contributed by atoms with van der Waals surface area (Å²) < 4.78 is 4.52. The summed E-state index contributed by atoms with van der Waals surface area (Å²) in [7, 11) is 1.32. The third kappa shape index (κ3) is 4.03. The van der Waals surface area contributed by atoms with E-state index in [1.807, 2.05) is 0 Å². The van der Waals surface area contributed by atoms with Gasteiger partial charge < -0.3 is 30.2 Å². The van der Waals surface area contributed by atoms with Gasteiger partial charge in [-0.2, -0.15) is 0 Å². The molecule has 0 fully saturated rings. The Morgan fingerprint density at radius 3 is 1.85 bits per heavy atom. The average Bonchev–Trinajstić information content (AvgIpc) is 2.14. The lowest BCUT2D eigenvalue weighted by Crippen LogP contribution is -2.47. The number of aliphatic hydroxyl groups is 5. The molecule has 13 heavy (non-hydrogen) atoms. The Balaban J connectivity index is 3.99. The van der Waals surface area contributed by atoms with E-state index in [2.05, 4.69) is 4.65 Å². The Morgan fingerprint density at radius 1 is 1.00 bits per heavy atom. The highest BCUT2D eigenvalue weighted by Crippen LogP contribution is 2.04. The van der Waals surface area contributed by atoms with Crippen LogP contribution in [-0.2, 0) is 4.65 Å². The van der Waals surface area contributed by atoms with Crippen molar-refractivity contribution in [3.63, 3.8) is 0 Å². The number of hydrogen-bond acceptors (Lipinski definition) is 6. The van der Waals surface area contributed by atoms with Crippen molar-refractivity contribution in [2.24, 2.45) is 0 Å². The van der Waals surface area contributed by atoms with Gasteiger partial charge in [0.2, 0.25) is 0 Å². The lowest BCUT2D eigenvalue weighted by atomic mass is 10.0. The van der Waals surface area contributed by atoms with Crippen LogP contribution in [0.1, 0.15) is 0 Å². The molecule has 0 aliphatic heterocycles. The van der Waals surface area contributed by atoms with Crippen LogP contribution in [-0.4, -0.2) is 71.2 Å². The first-order chi connectivity index (χ1) is 6.04. The Morgan fingerprint density at radius 2 is 1.46 bits per heavy atom. The Labute approximate surface area is 76.8 Å². The fourth-order valence-electron chi connectivity index (χ4n) is 0.833. The van der Waals surface area contributed by atoms with Crippen molar-refractivity contribution in [2.75, 3.05) is 13.2 Å². The highest BCUT2D eigenvalue weighted by Gasteiger charge is 2.29. The van der Waals surface area contributed by atoms with Gasteiger partial charge in [-0.1, -0.05) is 0 Å². The molecule has 0 bridgehead atoms. The fourth-order valence-corrected chi connectivity index (χ4v) is 0.833. The minimum atomic E-state index is -1.59. The van der Waals surface area contributed by atoms with Gasteiger partial charge >= 0.3 is 0 Å². The first-order valence-corrected chi connectivity index (χ1v) is 3.86. The van der Waals surface area contributed by atoms with Crippen LogP contribution in [0, 0.1) is 0 Å². The van der Waals surface area contributed by atoms with Crippen molar-refractivity contribution in [3.8, 4) is 0 Å². The first kappa shape index (κ1) is 12.8. The first-order valence-electron chi connectivity index (χ1n) is 3.86. The van der Waals surface area contributed by atoms with E-state index < -0.39 is 31.0 Å². The minimum absolute atomic E-state index is 0.156. The summed E-state index contributed by atoms with van der Waals surface area (Å²) in [6.07, 6.45) is -5.89. The standard InChI is InChI=1S/C6H15BO6/c7-13-2-4(10)6(12)5(11)3(9)1-8/h3-6,8-12H,1-2,7H2/t3-,4-,5-,6-/m1/s1. The largest absolute Gasteiger partial charge is 0.441 e. The van der Waals surface area contributed by atoms with Crippen LogP contribution in [0.2, 0.25) is 0 Å². The lowest BCUT2D eigenvalue weighted by Gasteiger charge is -2.25. The highest BCUT2D eigenvalue weighted by atomic mass is 16.4. The van der Waals surface area contributed by atoms with Gasteiger partial charge in [-0.15, -0.1) is 0 Å². The van der Waals surface area contributed by atoms with E-state index in [1.54, 1.807) is 0 Å². The second-order valence-electron chi connectivity index (χ2n) is 2.75. The molecule has 7 heteroatoms. The molecule has 0 aromatic rings. The molecule has 6 nitrogen and oxygen atoms in total. The van der Waals surface area contributed by atoms with Gasteiger partial charge in [-0.25, -0.2) is 0 Å². The molecule has 0 radical (unpaired) electrons. The van der Waals surface area contributed by atoms with Crippen molar-refractivity contribution in [1.82, 2.24) is 0 Å². The predicted molar refractivity (Wildman–Crippen MR) is 45.6 cm³/mol. The number of hydrogen-bond donors (Lipinski definition) is 5. The topological polar surface area (TPSA) is 110 Å². The van der Waals surface area contributed by atoms with Gasteiger partial charge in [-0.05, 0) is 0 Å². The molecule has 0 aromatic carbocycles. The third-order valence-electron chi connectivity index (χ3n) is 1.66. The molecule has 0 unspecified atom stereocenters. The summed E-state index contributed by atoms with van der Waals surface area (Å²) in [5.74, 6) is 0. The summed E-state index contributed by atoms with van der Waals surface area (Å²) in [6.45, 7) is -0.839. The molecule has 0 heterocycles. The molecule has 5 N–H and O–H groups in total. The summed E-state index contributed by atoms with van der Waals surface area (Å²) in [4.78, 5) is 0. The summed E-state index contributed by atoms with van der Waals surface area (Å²) in [5.41, 5.74) is 0. The lowest BCUT2D eigenvalue weighted by molar-refractivity contribution is -0.121. The van der Waals surface area contributed by atoms with Crippen LogP contribution in [0.5, 0.6) is 0 Å². The van der Waals surface area contributed by atoms with E-state index >= 15 is 0 Å². The van der Waals surface area contributed by atoms with E-state index in [1.165, 1.54) is 8.05 Å². The van der Waals surface area contributed by atoms with E-state index in [9.17, 15) is 0 Å². The summed E-state index contributed by atoms with van der Waals surface area (Å²) in [5, 5.41) is 44.7. The molecule has 0 amide bonds. The highest BCUT2D eigenvalue weighted by molar-refractivity contribution is 5.97. The Kier molecular flexibility index (Phi) is 6.22. The van der Waals surface area contributed by atoms with Crippen LogP contribution in [0.25, 0.3) is 0 Å². The van der Waals surface area contributed by atoms with E-state index in [0.717, 1.165) is 0 Å². The quantitative estimate of drug-likeness (QED) is 0.275. The number of rotatable bonds is 6. The molecule has 0 saturated heterocycles. The SMILES string of the molecule is BOC[C@@H](O)[C@@H](O)[C@H](O)[C@H](O)CO. The van der Waals surface area contributed by atoms with Gasteiger partial charge in [0.15, 0.2) is 0 Å². The monoisotopic (exact) mass is 194 g/mol. The van der Waals surface area contributed by atoms with Crippen molar-refractivity contribution in [3.05, 3.63) is 0 Å². The van der Waals surface area contributed by atoms with E-state index in [-0.39, 0.29) is 6.61 Å². The van der Waals surface area contributed by atoms with Crippen molar-refractivity contribution in [1.29, 1.82) is 0 Å². The third-order valence-corrected chi connectivity index (χ3v) is 1.66. The van der Waals surface area contributed by atoms with Gasteiger partial charge in [0.05, 0.1) is 13.2 Å². The van der Waals surface area contributed by atoms with E-state index in [4.69, 9.17) is 25.5 Å². The summed E-state index contributed by atoms with van der Waals surface area (Å²) in [6, 6.07) is 0. The molecular formula is C6H15BO6. The average molecular weight is 194 g/mol. The Hall–Kier alpha value is -0.175. The van der Waals surface area contributed by atoms with Gasteiger partial charge in [0.1, 0.15) is 24.4 Å². The van der Waals surface area contributed by atoms with Gasteiger partial charge in [0.25, 0.3) is 8.05 Å². The molecule has 4 atom stereocenters. The molecule has 0 aliphatic rings. The molecule has 0 aliphatic carbocycles. The van der Waals surface area contributed by atoms with Crippen LogP contribution >= 0.6 is 0 Å². The second-order valence-corrected chi connectivity index (χ2v) is 2.75. The fraction of sp³-hybridized carbons (Fsp3) is 1.00. The molecule has 78 valence electrons. The molecular weight excluding hydrogens is 179 g/mol. The van der Waals surface area contributed by atoms with Crippen LogP contribution in [0.4, 0.5) is 0 Å². The maximum Gasteiger partial charge on any atom is 0.257 e. The Bertz CT molecular complexity index is 134. The summed E-state index contributed by atoms with van der Waals surface area (Å²) >= 11 is 0. The van der Waals surface area contributed by atoms with Crippen LogP contribution in [0.3, 0.4) is 0 Å². The zero-order chi connectivity index (χ0) is 10.4.